The maximum absolute atomic E-state index is 2.77. The van der Waals surface area contributed by atoms with Gasteiger partial charge in [-0.1, -0.05) is 61.3 Å². The van der Waals surface area contributed by atoms with Gasteiger partial charge in [-0.05, 0) is 74.7 Å². The van der Waals surface area contributed by atoms with Gasteiger partial charge >= 0.3 is 0 Å². The quantitative estimate of drug-likeness (QED) is 0.457. The summed E-state index contributed by atoms with van der Waals surface area (Å²) in [7, 11) is 2.41. The van der Waals surface area contributed by atoms with Crippen molar-refractivity contribution in [3.8, 4) is 0 Å². The van der Waals surface area contributed by atoms with Gasteiger partial charge in [0, 0.05) is 11.6 Å². The predicted molar refractivity (Wildman–Crippen MR) is 107 cm³/mol. The van der Waals surface area contributed by atoms with Crippen LogP contribution in [0.2, 0.25) is 0 Å². The van der Waals surface area contributed by atoms with Crippen LogP contribution in [0, 0.1) is 35.0 Å². The second-order valence-corrected chi connectivity index (χ2v) is 10.6. The molecule has 6 unspecified atom stereocenters. The summed E-state index contributed by atoms with van der Waals surface area (Å²) in [5.74, 6) is 4.43. The minimum atomic E-state index is 0.478. The number of hydrogen-bond acceptors (Lipinski definition) is 1. The zero-order valence-electron chi connectivity index (χ0n) is 18.2. The third kappa shape index (κ3) is 3.87. The standard InChI is InChI=1S/C23H45N/c1-10-19-15-23(8,18(19)5)24(9)21-14-20(21)12-11-13-22(6,7)17(4)16(2)3/h16-21H,10-15H2,1-9H3. The molecule has 2 rings (SSSR count). The molecule has 2 fully saturated rings. The van der Waals surface area contributed by atoms with E-state index in [4.69, 9.17) is 0 Å². The Labute approximate surface area is 153 Å². The molecule has 0 saturated heterocycles. The fourth-order valence-corrected chi connectivity index (χ4v) is 5.55. The highest BCUT2D eigenvalue weighted by Crippen LogP contribution is 2.53. The van der Waals surface area contributed by atoms with E-state index in [0.29, 0.717) is 11.0 Å². The third-order valence-corrected chi connectivity index (χ3v) is 8.71. The van der Waals surface area contributed by atoms with Crippen LogP contribution >= 0.6 is 0 Å². The molecule has 2 aliphatic carbocycles. The zero-order valence-corrected chi connectivity index (χ0v) is 18.2. The first-order chi connectivity index (χ1) is 11.0. The summed E-state index contributed by atoms with van der Waals surface area (Å²) in [4.78, 5) is 2.77. The van der Waals surface area contributed by atoms with Crippen molar-refractivity contribution in [3.05, 3.63) is 0 Å². The summed E-state index contributed by atoms with van der Waals surface area (Å²) in [6.45, 7) is 19.5. The lowest BCUT2D eigenvalue weighted by Gasteiger charge is -2.57. The Hall–Kier alpha value is -0.0400. The number of rotatable bonds is 9. The van der Waals surface area contributed by atoms with E-state index in [1.807, 2.05) is 0 Å². The molecule has 0 heterocycles. The third-order valence-electron chi connectivity index (χ3n) is 8.71. The van der Waals surface area contributed by atoms with Gasteiger partial charge in [0.05, 0.1) is 0 Å². The summed E-state index contributed by atoms with van der Waals surface area (Å²) >= 11 is 0. The monoisotopic (exact) mass is 335 g/mol. The lowest BCUT2D eigenvalue weighted by atomic mass is 9.59. The van der Waals surface area contributed by atoms with Crippen LogP contribution in [0.1, 0.15) is 93.9 Å². The lowest BCUT2D eigenvalue weighted by Crippen LogP contribution is -2.61. The Bertz CT molecular complexity index is 412. The van der Waals surface area contributed by atoms with Crippen molar-refractivity contribution in [2.45, 2.75) is 105 Å². The SMILES string of the molecule is CCC1CC(C)(N(C)C2CC2CCCC(C)(C)C(C)C(C)C)C1C. The molecule has 2 aliphatic rings. The Morgan fingerprint density at radius 3 is 2.29 bits per heavy atom. The fourth-order valence-electron chi connectivity index (χ4n) is 5.55. The van der Waals surface area contributed by atoms with Crippen LogP contribution in [-0.2, 0) is 0 Å². The molecule has 0 bridgehead atoms. The Morgan fingerprint density at radius 2 is 1.79 bits per heavy atom. The normalized spacial score (nSPS) is 37.6. The van der Waals surface area contributed by atoms with Gasteiger partial charge in [-0.25, -0.2) is 0 Å². The van der Waals surface area contributed by atoms with Gasteiger partial charge in [0.25, 0.3) is 0 Å². The van der Waals surface area contributed by atoms with Crippen molar-refractivity contribution in [3.63, 3.8) is 0 Å². The Kier molecular flexibility index (Phi) is 6.16. The molecule has 1 heteroatoms. The molecule has 0 aromatic carbocycles. The Morgan fingerprint density at radius 1 is 1.17 bits per heavy atom. The van der Waals surface area contributed by atoms with E-state index in [1.54, 1.807) is 0 Å². The molecule has 24 heavy (non-hydrogen) atoms. The van der Waals surface area contributed by atoms with Crippen LogP contribution in [0.25, 0.3) is 0 Å². The molecule has 1 nitrogen and oxygen atoms in total. The van der Waals surface area contributed by atoms with Crippen molar-refractivity contribution in [2.24, 2.45) is 35.0 Å². The first-order valence-electron chi connectivity index (χ1n) is 10.8. The van der Waals surface area contributed by atoms with Crippen LogP contribution in [-0.4, -0.2) is 23.5 Å². The Balaban J connectivity index is 1.74. The summed E-state index contributed by atoms with van der Waals surface area (Å²) in [5, 5.41) is 0. The van der Waals surface area contributed by atoms with Gasteiger partial charge < -0.3 is 0 Å². The molecular formula is C23H45N. The molecule has 0 spiro atoms. The van der Waals surface area contributed by atoms with Crippen molar-refractivity contribution < 1.29 is 0 Å². The number of hydrogen-bond donors (Lipinski definition) is 0. The fraction of sp³-hybridized carbons (Fsp3) is 1.00. The second-order valence-electron chi connectivity index (χ2n) is 10.6. The first kappa shape index (κ1) is 20.3. The van der Waals surface area contributed by atoms with Gasteiger partial charge in [0.15, 0.2) is 0 Å². The van der Waals surface area contributed by atoms with Gasteiger partial charge in [-0.15, -0.1) is 0 Å². The highest BCUT2D eigenvalue weighted by molar-refractivity contribution is 5.08. The van der Waals surface area contributed by atoms with Crippen LogP contribution in [0.4, 0.5) is 0 Å². The summed E-state index contributed by atoms with van der Waals surface area (Å²) in [6, 6.07) is 0.876. The molecule has 0 amide bonds. The molecule has 0 N–H and O–H groups in total. The van der Waals surface area contributed by atoms with E-state index in [0.717, 1.165) is 35.6 Å². The molecule has 2 saturated carbocycles. The highest BCUT2D eigenvalue weighted by atomic mass is 15.2. The summed E-state index contributed by atoms with van der Waals surface area (Å²) in [5.41, 5.74) is 0.971. The van der Waals surface area contributed by atoms with E-state index >= 15 is 0 Å². The predicted octanol–water partition coefficient (Wildman–Crippen LogP) is 6.62. The average molecular weight is 336 g/mol. The topological polar surface area (TPSA) is 3.24 Å². The van der Waals surface area contributed by atoms with E-state index in [9.17, 15) is 0 Å². The maximum atomic E-state index is 2.77. The van der Waals surface area contributed by atoms with Crippen molar-refractivity contribution >= 4 is 0 Å². The van der Waals surface area contributed by atoms with Crippen LogP contribution in [0.3, 0.4) is 0 Å². The van der Waals surface area contributed by atoms with Crippen LogP contribution < -0.4 is 0 Å². The van der Waals surface area contributed by atoms with Gasteiger partial charge in [0.1, 0.15) is 0 Å². The molecule has 142 valence electrons. The van der Waals surface area contributed by atoms with Crippen LogP contribution in [0.5, 0.6) is 0 Å². The lowest BCUT2D eigenvalue weighted by molar-refractivity contribution is -0.0657. The van der Waals surface area contributed by atoms with E-state index < -0.39 is 0 Å². The van der Waals surface area contributed by atoms with Crippen molar-refractivity contribution in [2.75, 3.05) is 7.05 Å². The molecule has 0 aliphatic heterocycles. The first-order valence-corrected chi connectivity index (χ1v) is 10.8. The van der Waals surface area contributed by atoms with Crippen molar-refractivity contribution in [1.82, 2.24) is 4.90 Å². The largest absolute Gasteiger partial charge is 0.297 e. The number of nitrogens with zero attached hydrogens (tertiary/aromatic N) is 1. The molecule has 0 aromatic rings. The van der Waals surface area contributed by atoms with Gasteiger partial charge in [-0.3, -0.25) is 4.90 Å². The summed E-state index contributed by atoms with van der Waals surface area (Å²) < 4.78 is 0. The highest BCUT2D eigenvalue weighted by Gasteiger charge is 2.54. The zero-order chi connectivity index (χ0) is 18.3. The average Bonchev–Trinajstić information content (AvgIpc) is 3.29. The smallest absolute Gasteiger partial charge is 0.0212 e. The molecule has 0 radical (unpaired) electrons. The minimum absolute atomic E-state index is 0.478. The van der Waals surface area contributed by atoms with Crippen LogP contribution in [0.15, 0.2) is 0 Å². The van der Waals surface area contributed by atoms with E-state index in [1.165, 1.54) is 38.5 Å². The van der Waals surface area contributed by atoms with E-state index in [-0.39, 0.29) is 0 Å². The maximum Gasteiger partial charge on any atom is 0.0212 e. The molecule has 6 atom stereocenters. The minimum Gasteiger partial charge on any atom is -0.297 e. The van der Waals surface area contributed by atoms with Gasteiger partial charge in [-0.2, -0.15) is 0 Å². The summed E-state index contributed by atoms with van der Waals surface area (Å²) in [6.07, 6.45) is 8.50. The second kappa shape index (κ2) is 7.29. The van der Waals surface area contributed by atoms with E-state index in [2.05, 4.69) is 67.3 Å². The molecule has 0 aromatic heterocycles. The van der Waals surface area contributed by atoms with Gasteiger partial charge in [0.2, 0.25) is 0 Å². The molecular weight excluding hydrogens is 290 g/mol. The van der Waals surface area contributed by atoms with Crippen molar-refractivity contribution in [1.29, 1.82) is 0 Å².